The summed E-state index contributed by atoms with van der Waals surface area (Å²) >= 11 is 0. The molecule has 6 nitrogen and oxygen atoms in total. The number of amides is 2. The van der Waals surface area contributed by atoms with Crippen molar-refractivity contribution in [2.75, 3.05) is 39.4 Å². The van der Waals surface area contributed by atoms with Crippen LogP contribution in [0.5, 0.6) is 11.5 Å². The SMILES string of the molecule is Cc1cc2c(cc1C(=O)N1CCN(C(=O)CC(C)(C)C)CC1)OCCO2. The second kappa shape index (κ2) is 7.17. The number of carbonyl (C=O) groups is 2. The Hall–Kier alpha value is -2.24. The summed E-state index contributed by atoms with van der Waals surface area (Å²) in [7, 11) is 0. The fourth-order valence-electron chi connectivity index (χ4n) is 3.32. The first kappa shape index (κ1) is 18.5. The van der Waals surface area contributed by atoms with Crippen molar-refractivity contribution in [1.29, 1.82) is 0 Å². The Bertz CT molecular complexity index is 700. The molecule has 0 saturated carbocycles. The minimum Gasteiger partial charge on any atom is -0.486 e. The summed E-state index contributed by atoms with van der Waals surface area (Å²) in [5, 5.41) is 0. The molecule has 0 bridgehead atoms. The summed E-state index contributed by atoms with van der Waals surface area (Å²) in [5.41, 5.74) is 1.50. The van der Waals surface area contributed by atoms with E-state index in [1.807, 2.05) is 22.8 Å². The predicted molar refractivity (Wildman–Crippen MR) is 98.7 cm³/mol. The van der Waals surface area contributed by atoms with E-state index in [0.717, 1.165) is 5.56 Å². The van der Waals surface area contributed by atoms with Gasteiger partial charge in [0.15, 0.2) is 11.5 Å². The van der Waals surface area contributed by atoms with Crippen molar-refractivity contribution < 1.29 is 19.1 Å². The average molecular weight is 360 g/mol. The molecule has 26 heavy (non-hydrogen) atoms. The molecule has 2 aliphatic rings. The maximum Gasteiger partial charge on any atom is 0.254 e. The van der Waals surface area contributed by atoms with Crippen LogP contribution in [0.3, 0.4) is 0 Å². The van der Waals surface area contributed by atoms with Crippen molar-refractivity contribution in [2.45, 2.75) is 34.1 Å². The Morgan fingerprint density at radius 2 is 1.50 bits per heavy atom. The molecule has 1 aromatic rings. The lowest BCUT2D eigenvalue weighted by Crippen LogP contribution is -2.51. The quantitative estimate of drug-likeness (QED) is 0.813. The van der Waals surface area contributed by atoms with E-state index < -0.39 is 0 Å². The second-order valence-corrected chi connectivity index (χ2v) is 8.22. The zero-order valence-corrected chi connectivity index (χ0v) is 16.1. The van der Waals surface area contributed by atoms with Gasteiger partial charge in [0.05, 0.1) is 0 Å². The normalized spacial score (nSPS) is 17.2. The molecule has 0 N–H and O–H groups in total. The van der Waals surface area contributed by atoms with Gasteiger partial charge in [0.25, 0.3) is 5.91 Å². The number of nitrogens with zero attached hydrogens (tertiary/aromatic N) is 2. The highest BCUT2D eigenvalue weighted by Crippen LogP contribution is 2.33. The lowest BCUT2D eigenvalue weighted by molar-refractivity contribution is -0.134. The van der Waals surface area contributed by atoms with E-state index >= 15 is 0 Å². The molecule has 0 aromatic heterocycles. The third-order valence-corrected chi connectivity index (χ3v) is 4.72. The fourth-order valence-corrected chi connectivity index (χ4v) is 3.32. The van der Waals surface area contributed by atoms with Gasteiger partial charge in [-0.05, 0) is 30.0 Å². The van der Waals surface area contributed by atoms with E-state index in [0.29, 0.717) is 62.9 Å². The molecule has 0 atom stereocenters. The molecule has 1 fully saturated rings. The Kier molecular flexibility index (Phi) is 5.12. The number of carbonyl (C=O) groups excluding carboxylic acids is 2. The van der Waals surface area contributed by atoms with Crippen LogP contribution in [-0.4, -0.2) is 61.0 Å². The van der Waals surface area contributed by atoms with Crippen LogP contribution >= 0.6 is 0 Å². The number of aryl methyl sites for hydroxylation is 1. The first-order valence-corrected chi connectivity index (χ1v) is 9.22. The molecular formula is C20H28N2O4. The third kappa shape index (κ3) is 4.11. The molecule has 3 rings (SSSR count). The van der Waals surface area contributed by atoms with Crippen LogP contribution in [0.25, 0.3) is 0 Å². The molecule has 2 heterocycles. The lowest BCUT2D eigenvalue weighted by Gasteiger charge is -2.36. The van der Waals surface area contributed by atoms with Crippen molar-refractivity contribution in [3.05, 3.63) is 23.3 Å². The van der Waals surface area contributed by atoms with Crippen molar-refractivity contribution in [2.24, 2.45) is 5.41 Å². The summed E-state index contributed by atoms with van der Waals surface area (Å²) in [6.45, 7) is 11.4. The van der Waals surface area contributed by atoms with Crippen LogP contribution < -0.4 is 9.47 Å². The van der Waals surface area contributed by atoms with Gasteiger partial charge in [-0.1, -0.05) is 20.8 Å². The molecule has 6 heteroatoms. The van der Waals surface area contributed by atoms with Crippen LogP contribution in [0.1, 0.15) is 43.1 Å². The monoisotopic (exact) mass is 360 g/mol. The first-order valence-electron chi connectivity index (χ1n) is 9.22. The van der Waals surface area contributed by atoms with E-state index in [1.54, 1.807) is 6.07 Å². The molecule has 0 radical (unpaired) electrons. The van der Waals surface area contributed by atoms with Crippen LogP contribution in [-0.2, 0) is 4.79 Å². The van der Waals surface area contributed by atoms with E-state index in [2.05, 4.69) is 20.8 Å². The summed E-state index contributed by atoms with van der Waals surface area (Å²) < 4.78 is 11.2. The predicted octanol–water partition coefficient (Wildman–Crippen LogP) is 2.49. The molecule has 2 aliphatic heterocycles. The van der Waals surface area contributed by atoms with Gasteiger partial charge in [-0.15, -0.1) is 0 Å². The van der Waals surface area contributed by atoms with Crippen LogP contribution in [0.4, 0.5) is 0 Å². The van der Waals surface area contributed by atoms with Crippen molar-refractivity contribution >= 4 is 11.8 Å². The standard InChI is InChI=1S/C20H28N2O4/c1-14-11-16-17(26-10-9-25-16)12-15(14)19(24)22-7-5-21(6-8-22)18(23)13-20(2,3)4/h11-12H,5-10,13H2,1-4H3. The van der Waals surface area contributed by atoms with E-state index in [9.17, 15) is 9.59 Å². The second-order valence-electron chi connectivity index (χ2n) is 8.22. The van der Waals surface area contributed by atoms with Crippen molar-refractivity contribution in [1.82, 2.24) is 9.80 Å². The molecule has 1 saturated heterocycles. The number of benzene rings is 1. The third-order valence-electron chi connectivity index (χ3n) is 4.72. The molecule has 2 amide bonds. The average Bonchev–Trinajstić information content (AvgIpc) is 2.59. The summed E-state index contributed by atoms with van der Waals surface area (Å²) in [4.78, 5) is 29.0. The van der Waals surface area contributed by atoms with Gasteiger partial charge >= 0.3 is 0 Å². The summed E-state index contributed by atoms with van der Waals surface area (Å²) in [6.07, 6.45) is 0.530. The van der Waals surface area contributed by atoms with Gasteiger partial charge in [-0.3, -0.25) is 9.59 Å². The highest BCUT2D eigenvalue weighted by molar-refractivity contribution is 5.96. The van der Waals surface area contributed by atoms with Gasteiger partial charge in [0, 0.05) is 38.2 Å². The smallest absolute Gasteiger partial charge is 0.254 e. The number of hydrogen-bond acceptors (Lipinski definition) is 4. The first-order chi connectivity index (χ1) is 12.2. The van der Waals surface area contributed by atoms with E-state index in [4.69, 9.17) is 9.47 Å². The molecule has 0 unspecified atom stereocenters. The largest absolute Gasteiger partial charge is 0.486 e. The summed E-state index contributed by atoms with van der Waals surface area (Å²) in [6, 6.07) is 3.65. The Morgan fingerprint density at radius 1 is 0.962 bits per heavy atom. The topological polar surface area (TPSA) is 59.1 Å². The van der Waals surface area contributed by atoms with Gasteiger partial charge in [0.2, 0.25) is 5.91 Å². The summed E-state index contributed by atoms with van der Waals surface area (Å²) in [5.74, 6) is 1.48. The molecule has 142 valence electrons. The van der Waals surface area contributed by atoms with Gasteiger partial charge in [-0.2, -0.15) is 0 Å². The molecule has 0 aliphatic carbocycles. The lowest BCUT2D eigenvalue weighted by atomic mass is 9.91. The van der Waals surface area contributed by atoms with Gasteiger partial charge in [0.1, 0.15) is 13.2 Å². The van der Waals surface area contributed by atoms with E-state index in [-0.39, 0.29) is 17.2 Å². The highest BCUT2D eigenvalue weighted by Gasteiger charge is 2.28. The zero-order valence-electron chi connectivity index (χ0n) is 16.1. The van der Waals surface area contributed by atoms with Crippen LogP contribution in [0.2, 0.25) is 0 Å². The number of rotatable bonds is 2. The van der Waals surface area contributed by atoms with Gasteiger partial charge in [-0.25, -0.2) is 0 Å². The Labute approximate surface area is 155 Å². The minimum atomic E-state index is -0.0215. The van der Waals surface area contributed by atoms with Crippen LogP contribution in [0.15, 0.2) is 12.1 Å². The van der Waals surface area contributed by atoms with Crippen molar-refractivity contribution in [3.8, 4) is 11.5 Å². The minimum absolute atomic E-state index is 0.0117. The van der Waals surface area contributed by atoms with E-state index in [1.165, 1.54) is 0 Å². The Morgan fingerprint density at radius 3 is 2.08 bits per heavy atom. The zero-order chi connectivity index (χ0) is 18.9. The van der Waals surface area contributed by atoms with Crippen LogP contribution in [0, 0.1) is 12.3 Å². The maximum absolute atomic E-state index is 12.9. The number of hydrogen-bond donors (Lipinski definition) is 0. The number of piperazine rings is 1. The highest BCUT2D eigenvalue weighted by atomic mass is 16.6. The Balaban J connectivity index is 1.65. The fraction of sp³-hybridized carbons (Fsp3) is 0.600. The molecular weight excluding hydrogens is 332 g/mol. The molecule has 0 spiro atoms. The number of fused-ring (bicyclic) bond motifs is 1. The van der Waals surface area contributed by atoms with Crippen molar-refractivity contribution in [3.63, 3.8) is 0 Å². The molecule has 1 aromatic carbocycles. The maximum atomic E-state index is 12.9. The van der Waals surface area contributed by atoms with Gasteiger partial charge < -0.3 is 19.3 Å². The number of ether oxygens (including phenoxy) is 2.